The first kappa shape index (κ1) is 14.8. The van der Waals surface area contributed by atoms with Crippen molar-refractivity contribution in [3.8, 4) is 11.5 Å². The summed E-state index contributed by atoms with van der Waals surface area (Å²) in [5.74, 6) is 1.57. The lowest BCUT2D eigenvalue weighted by molar-refractivity contribution is 0.101. The second-order valence-corrected chi connectivity index (χ2v) is 4.38. The number of carbonyl (C=O) groups is 1. The maximum atomic E-state index is 12.1. The number of aromatic nitrogens is 3. The summed E-state index contributed by atoms with van der Waals surface area (Å²) in [4.78, 5) is 16.3. The molecule has 0 unspecified atom stereocenters. The van der Waals surface area contributed by atoms with Crippen LogP contribution in [0, 0.1) is 0 Å². The number of methoxy groups -OCH3 is 2. The summed E-state index contributed by atoms with van der Waals surface area (Å²) in [7, 11) is 3.09. The van der Waals surface area contributed by atoms with Crippen molar-refractivity contribution in [1.29, 1.82) is 0 Å². The monoisotopic (exact) mass is 290 g/mol. The fourth-order valence-corrected chi connectivity index (χ4v) is 1.83. The van der Waals surface area contributed by atoms with E-state index in [1.807, 2.05) is 6.92 Å². The van der Waals surface area contributed by atoms with E-state index < -0.39 is 5.91 Å². The van der Waals surface area contributed by atoms with Crippen LogP contribution in [0.3, 0.4) is 0 Å². The zero-order valence-corrected chi connectivity index (χ0v) is 12.3. The van der Waals surface area contributed by atoms with Gasteiger partial charge in [0.15, 0.2) is 0 Å². The number of carbonyl (C=O) groups excluding carboxylic acids is 1. The van der Waals surface area contributed by atoms with E-state index in [1.54, 1.807) is 25.3 Å². The first-order valence-electron chi connectivity index (χ1n) is 6.62. The number of amides is 1. The summed E-state index contributed by atoms with van der Waals surface area (Å²) < 4.78 is 10.3. The molecule has 0 fully saturated rings. The minimum absolute atomic E-state index is 0.108. The smallest absolute Gasteiger partial charge is 0.295 e. The molecule has 0 atom stereocenters. The molecule has 2 aromatic rings. The van der Waals surface area contributed by atoms with Gasteiger partial charge >= 0.3 is 0 Å². The van der Waals surface area contributed by atoms with E-state index in [-0.39, 0.29) is 5.82 Å². The lowest BCUT2D eigenvalue weighted by Gasteiger charge is -2.10. The minimum atomic E-state index is -0.392. The van der Waals surface area contributed by atoms with Crippen molar-refractivity contribution in [3.63, 3.8) is 0 Å². The Morgan fingerprint density at radius 3 is 2.81 bits per heavy atom. The number of ether oxygens (including phenoxy) is 2. The number of hydrogen-bond donors (Lipinski definition) is 2. The highest BCUT2D eigenvalue weighted by Crippen LogP contribution is 2.29. The van der Waals surface area contributed by atoms with Gasteiger partial charge in [-0.15, -0.1) is 5.10 Å². The molecule has 0 aliphatic heterocycles. The largest absolute Gasteiger partial charge is 0.497 e. The zero-order valence-electron chi connectivity index (χ0n) is 12.3. The fraction of sp³-hybridized carbons (Fsp3) is 0.357. The van der Waals surface area contributed by atoms with E-state index in [9.17, 15) is 4.79 Å². The molecule has 0 spiro atoms. The van der Waals surface area contributed by atoms with Gasteiger partial charge in [0.05, 0.1) is 19.9 Å². The third-order valence-corrected chi connectivity index (χ3v) is 2.88. The molecule has 21 heavy (non-hydrogen) atoms. The average molecular weight is 290 g/mol. The van der Waals surface area contributed by atoms with Crippen LogP contribution < -0.4 is 14.8 Å². The molecule has 1 heterocycles. The van der Waals surface area contributed by atoms with Gasteiger partial charge in [-0.2, -0.15) is 0 Å². The molecular weight excluding hydrogens is 272 g/mol. The molecule has 1 amide bonds. The predicted octanol–water partition coefficient (Wildman–Crippen LogP) is 2.03. The lowest BCUT2D eigenvalue weighted by atomic mass is 10.2. The van der Waals surface area contributed by atoms with Crippen LogP contribution in [0.15, 0.2) is 18.2 Å². The molecule has 0 radical (unpaired) electrons. The summed E-state index contributed by atoms with van der Waals surface area (Å²) in [6.45, 7) is 2.03. The van der Waals surface area contributed by atoms with Crippen LogP contribution in [0.1, 0.15) is 29.8 Å². The number of aryl methyl sites for hydroxylation is 1. The van der Waals surface area contributed by atoms with Crippen molar-refractivity contribution < 1.29 is 14.3 Å². The lowest BCUT2D eigenvalue weighted by Crippen LogP contribution is -2.14. The van der Waals surface area contributed by atoms with Crippen LogP contribution in [-0.4, -0.2) is 35.3 Å². The standard InChI is InChI=1S/C14H18N4O3/c1-4-5-12-16-13(18-17-12)14(19)15-10-7-6-9(20-2)8-11(10)21-3/h6-8H,4-5H2,1-3H3,(H,15,19)(H,16,17,18). The Kier molecular flexibility index (Phi) is 4.76. The van der Waals surface area contributed by atoms with Gasteiger partial charge in [-0.05, 0) is 18.6 Å². The Balaban J connectivity index is 2.14. The van der Waals surface area contributed by atoms with Gasteiger partial charge in [-0.1, -0.05) is 6.92 Å². The molecule has 112 valence electrons. The molecule has 2 rings (SSSR count). The Morgan fingerprint density at radius 2 is 2.14 bits per heavy atom. The van der Waals surface area contributed by atoms with Crippen LogP contribution >= 0.6 is 0 Å². The highest BCUT2D eigenvalue weighted by molar-refractivity contribution is 6.02. The molecule has 7 nitrogen and oxygen atoms in total. The summed E-state index contributed by atoms with van der Waals surface area (Å²) in [6, 6.07) is 5.13. The number of anilines is 1. The molecule has 7 heteroatoms. The Bertz CT molecular complexity index is 624. The number of nitrogens with one attached hydrogen (secondary N) is 2. The molecule has 0 aliphatic carbocycles. The Labute approximate surface area is 122 Å². The van der Waals surface area contributed by atoms with Gasteiger partial charge in [0.1, 0.15) is 17.3 Å². The first-order valence-corrected chi connectivity index (χ1v) is 6.62. The highest BCUT2D eigenvalue weighted by Gasteiger charge is 2.15. The Morgan fingerprint density at radius 1 is 1.33 bits per heavy atom. The van der Waals surface area contributed by atoms with Gasteiger partial charge in [0.25, 0.3) is 5.91 Å². The molecule has 0 aliphatic rings. The maximum absolute atomic E-state index is 12.1. The van der Waals surface area contributed by atoms with Crippen LogP contribution in [-0.2, 0) is 6.42 Å². The molecular formula is C14H18N4O3. The normalized spacial score (nSPS) is 10.2. The predicted molar refractivity (Wildman–Crippen MR) is 77.9 cm³/mol. The van der Waals surface area contributed by atoms with Gasteiger partial charge in [-0.25, -0.2) is 4.98 Å². The SMILES string of the molecule is CCCc1nc(C(=O)Nc2ccc(OC)cc2OC)n[nH]1. The third-order valence-electron chi connectivity index (χ3n) is 2.88. The van der Waals surface area contributed by atoms with E-state index in [2.05, 4.69) is 20.5 Å². The van der Waals surface area contributed by atoms with Crippen LogP contribution in [0.4, 0.5) is 5.69 Å². The summed E-state index contributed by atoms with van der Waals surface area (Å²) in [5, 5.41) is 9.37. The number of aromatic amines is 1. The summed E-state index contributed by atoms with van der Waals surface area (Å²) in [5.41, 5.74) is 0.533. The van der Waals surface area contributed by atoms with Crippen LogP contribution in [0.25, 0.3) is 0 Å². The molecule has 0 saturated carbocycles. The van der Waals surface area contributed by atoms with Gasteiger partial charge < -0.3 is 14.8 Å². The maximum Gasteiger partial charge on any atom is 0.295 e. The molecule has 2 N–H and O–H groups in total. The molecule has 1 aromatic carbocycles. The summed E-state index contributed by atoms with van der Waals surface area (Å²) in [6.07, 6.45) is 1.69. The first-order chi connectivity index (χ1) is 10.2. The molecule has 0 bridgehead atoms. The van der Waals surface area contributed by atoms with Crippen LogP contribution in [0.5, 0.6) is 11.5 Å². The van der Waals surface area contributed by atoms with Crippen molar-refractivity contribution in [2.24, 2.45) is 0 Å². The second-order valence-electron chi connectivity index (χ2n) is 4.38. The van der Waals surface area contributed by atoms with E-state index in [0.29, 0.717) is 23.0 Å². The molecule has 1 aromatic heterocycles. The van der Waals surface area contributed by atoms with Crippen molar-refractivity contribution in [1.82, 2.24) is 15.2 Å². The van der Waals surface area contributed by atoms with E-state index in [0.717, 1.165) is 12.8 Å². The van der Waals surface area contributed by atoms with Crippen molar-refractivity contribution >= 4 is 11.6 Å². The number of nitrogens with zero attached hydrogens (tertiary/aromatic N) is 2. The zero-order chi connectivity index (χ0) is 15.2. The minimum Gasteiger partial charge on any atom is -0.497 e. The van der Waals surface area contributed by atoms with E-state index in [4.69, 9.17) is 9.47 Å². The number of H-pyrrole nitrogens is 1. The van der Waals surface area contributed by atoms with Crippen molar-refractivity contribution in [2.45, 2.75) is 19.8 Å². The van der Waals surface area contributed by atoms with Gasteiger partial charge in [0, 0.05) is 12.5 Å². The summed E-state index contributed by atoms with van der Waals surface area (Å²) >= 11 is 0. The van der Waals surface area contributed by atoms with Crippen molar-refractivity contribution in [2.75, 3.05) is 19.5 Å². The van der Waals surface area contributed by atoms with E-state index >= 15 is 0 Å². The van der Waals surface area contributed by atoms with Crippen molar-refractivity contribution in [3.05, 3.63) is 29.8 Å². The average Bonchev–Trinajstić information content (AvgIpc) is 2.96. The van der Waals surface area contributed by atoms with Crippen LogP contribution in [0.2, 0.25) is 0 Å². The third kappa shape index (κ3) is 3.50. The fourth-order valence-electron chi connectivity index (χ4n) is 1.83. The quantitative estimate of drug-likeness (QED) is 0.849. The molecule has 0 saturated heterocycles. The second kappa shape index (κ2) is 6.74. The topological polar surface area (TPSA) is 89.1 Å². The highest BCUT2D eigenvalue weighted by atomic mass is 16.5. The van der Waals surface area contributed by atoms with Gasteiger partial charge in [-0.3, -0.25) is 9.89 Å². The van der Waals surface area contributed by atoms with Gasteiger partial charge in [0.2, 0.25) is 5.82 Å². The number of benzene rings is 1. The Hall–Kier alpha value is -2.57. The number of hydrogen-bond acceptors (Lipinski definition) is 5. The number of rotatable bonds is 6. The van der Waals surface area contributed by atoms with E-state index in [1.165, 1.54) is 7.11 Å².